The molecule has 0 spiro atoms. The van der Waals surface area contributed by atoms with Gasteiger partial charge in [0.05, 0.1) is 6.61 Å². The summed E-state index contributed by atoms with van der Waals surface area (Å²) in [6, 6.07) is 0. The van der Waals surface area contributed by atoms with Gasteiger partial charge in [0.25, 0.3) is 0 Å². The fourth-order valence-corrected chi connectivity index (χ4v) is 0.980. The van der Waals surface area contributed by atoms with E-state index in [1.165, 1.54) is 13.8 Å². The molecule has 15 heavy (non-hydrogen) atoms. The standard InChI is InChI=1S/C9H18O6/c1-4(2)6(12)8(14)9(15)7(13)5(11)3-10/h5,7-15H,3H2,1-2H3/t5-,7-,8-,9+/m0/s1. The number of hydrogen-bond acceptors (Lipinski definition) is 6. The average Bonchev–Trinajstić information content (AvgIpc) is 2.23. The summed E-state index contributed by atoms with van der Waals surface area (Å²) in [6.07, 6.45) is -6.75. The van der Waals surface area contributed by atoms with Crippen LogP contribution in [0.15, 0.2) is 11.3 Å². The van der Waals surface area contributed by atoms with E-state index in [0.29, 0.717) is 5.57 Å². The second kappa shape index (κ2) is 6.04. The molecule has 0 aliphatic heterocycles. The SMILES string of the molecule is CC(C)=C(O)[C@H](O)[C@H](O)[C@@H](O)[C@@H](O)CO. The summed E-state index contributed by atoms with van der Waals surface area (Å²) in [5.41, 5.74) is 0.382. The number of aliphatic hydroxyl groups is 6. The first-order chi connectivity index (χ1) is 6.82. The molecular formula is C9H18O6. The maximum Gasteiger partial charge on any atom is 0.139 e. The summed E-state index contributed by atoms with van der Waals surface area (Å²) in [4.78, 5) is 0. The van der Waals surface area contributed by atoms with Crippen molar-refractivity contribution in [3.8, 4) is 0 Å². The minimum atomic E-state index is -1.76. The van der Waals surface area contributed by atoms with Crippen molar-refractivity contribution in [1.29, 1.82) is 0 Å². The van der Waals surface area contributed by atoms with Gasteiger partial charge < -0.3 is 30.6 Å². The van der Waals surface area contributed by atoms with Gasteiger partial charge in [0.2, 0.25) is 0 Å². The van der Waals surface area contributed by atoms with Gasteiger partial charge in [-0.25, -0.2) is 0 Å². The summed E-state index contributed by atoms with van der Waals surface area (Å²) in [7, 11) is 0. The fourth-order valence-electron chi connectivity index (χ4n) is 0.980. The molecule has 0 saturated heterocycles. The zero-order chi connectivity index (χ0) is 12.2. The summed E-state index contributed by atoms with van der Waals surface area (Å²) in [5.74, 6) is -0.466. The van der Waals surface area contributed by atoms with Crippen LogP contribution in [0.3, 0.4) is 0 Å². The van der Waals surface area contributed by atoms with Crippen molar-refractivity contribution in [3.05, 3.63) is 11.3 Å². The molecule has 0 amide bonds. The molecule has 0 aromatic rings. The van der Waals surface area contributed by atoms with E-state index in [-0.39, 0.29) is 0 Å². The largest absolute Gasteiger partial charge is 0.510 e. The molecular weight excluding hydrogens is 204 g/mol. The molecule has 0 aliphatic rings. The van der Waals surface area contributed by atoms with Gasteiger partial charge in [-0.15, -0.1) is 0 Å². The topological polar surface area (TPSA) is 121 Å². The van der Waals surface area contributed by atoms with Crippen molar-refractivity contribution < 1.29 is 30.6 Å². The predicted octanol–water partition coefficient (Wildman–Crippen LogP) is -1.73. The van der Waals surface area contributed by atoms with E-state index >= 15 is 0 Å². The van der Waals surface area contributed by atoms with Crippen molar-refractivity contribution in [2.45, 2.75) is 38.3 Å². The minimum absolute atomic E-state index is 0.382. The van der Waals surface area contributed by atoms with Gasteiger partial charge in [0, 0.05) is 0 Å². The highest BCUT2D eigenvalue weighted by Gasteiger charge is 2.32. The molecule has 0 rings (SSSR count). The molecule has 0 bridgehead atoms. The molecule has 6 nitrogen and oxygen atoms in total. The average molecular weight is 222 g/mol. The van der Waals surface area contributed by atoms with Gasteiger partial charge >= 0.3 is 0 Å². The van der Waals surface area contributed by atoms with E-state index in [1.807, 2.05) is 0 Å². The maximum atomic E-state index is 9.36. The number of rotatable bonds is 5. The third-order valence-corrected chi connectivity index (χ3v) is 2.05. The summed E-state index contributed by atoms with van der Waals surface area (Å²) in [6.45, 7) is 2.28. The van der Waals surface area contributed by atoms with E-state index in [1.54, 1.807) is 0 Å². The molecule has 4 atom stereocenters. The van der Waals surface area contributed by atoms with Crippen molar-refractivity contribution >= 4 is 0 Å². The molecule has 90 valence electrons. The first kappa shape index (κ1) is 14.3. The highest BCUT2D eigenvalue weighted by atomic mass is 16.4. The molecule has 6 heteroatoms. The van der Waals surface area contributed by atoms with Gasteiger partial charge in [-0.3, -0.25) is 0 Å². The zero-order valence-electron chi connectivity index (χ0n) is 8.70. The Morgan fingerprint density at radius 3 is 1.80 bits per heavy atom. The van der Waals surface area contributed by atoms with Gasteiger partial charge in [-0.05, 0) is 19.4 Å². The Labute approximate surface area is 87.7 Å². The summed E-state index contributed by atoms with van der Waals surface area (Å²) in [5, 5.41) is 54.7. The molecule has 0 aromatic carbocycles. The van der Waals surface area contributed by atoms with Gasteiger partial charge in [0.1, 0.15) is 30.2 Å². The Bertz CT molecular complexity index is 223. The Kier molecular flexibility index (Phi) is 5.77. The fraction of sp³-hybridized carbons (Fsp3) is 0.778. The van der Waals surface area contributed by atoms with E-state index in [0.717, 1.165) is 0 Å². The minimum Gasteiger partial charge on any atom is -0.510 e. The second-order valence-electron chi connectivity index (χ2n) is 3.56. The smallest absolute Gasteiger partial charge is 0.139 e. The maximum absolute atomic E-state index is 9.36. The van der Waals surface area contributed by atoms with Crippen LogP contribution in [0.5, 0.6) is 0 Å². The van der Waals surface area contributed by atoms with Crippen LogP contribution in [0.2, 0.25) is 0 Å². The third-order valence-electron chi connectivity index (χ3n) is 2.05. The van der Waals surface area contributed by atoms with E-state index in [2.05, 4.69) is 0 Å². The molecule has 6 N–H and O–H groups in total. The quantitative estimate of drug-likeness (QED) is 0.308. The van der Waals surface area contributed by atoms with E-state index < -0.39 is 36.8 Å². The molecule has 0 heterocycles. The number of allylic oxidation sites excluding steroid dienone is 1. The highest BCUT2D eigenvalue weighted by Crippen LogP contribution is 2.13. The van der Waals surface area contributed by atoms with Crippen LogP contribution in [0.4, 0.5) is 0 Å². The van der Waals surface area contributed by atoms with Crippen molar-refractivity contribution in [3.63, 3.8) is 0 Å². The molecule has 0 unspecified atom stereocenters. The Morgan fingerprint density at radius 2 is 1.47 bits per heavy atom. The van der Waals surface area contributed by atoms with E-state index in [9.17, 15) is 20.4 Å². The van der Waals surface area contributed by atoms with Crippen LogP contribution in [0, 0.1) is 0 Å². The van der Waals surface area contributed by atoms with Gasteiger partial charge in [-0.2, -0.15) is 0 Å². The van der Waals surface area contributed by atoms with Gasteiger partial charge in [-0.1, -0.05) is 0 Å². The first-order valence-electron chi connectivity index (χ1n) is 4.52. The Balaban J connectivity index is 4.58. The van der Waals surface area contributed by atoms with Crippen molar-refractivity contribution in [2.75, 3.05) is 6.61 Å². The first-order valence-corrected chi connectivity index (χ1v) is 4.52. The van der Waals surface area contributed by atoms with Crippen LogP contribution in [0.25, 0.3) is 0 Å². The van der Waals surface area contributed by atoms with E-state index in [4.69, 9.17) is 10.2 Å². The number of aliphatic hydroxyl groups excluding tert-OH is 6. The van der Waals surface area contributed by atoms with Crippen LogP contribution in [-0.4, -0.2) is 61.7 Å². The molecule has 0 aromatic heterocycles. The van der Waals surface area contributed by atoms with Crippen molar-refractivity contribution in [2.24, 2.45) is 0 Å². The zero-order valence-corrected chi connectivity index (χ0v) is 8.70. The second-order valence-corrected chi connectivity index (χ2v) is 3.56. The van der Waals surface area contributed by atoms with Crippen LogP contribution in [0.1, 0.15) is 13.8 Å². The third kappa shape index (κ3) is 3.77. The molecule has 0 aliphatic carbocycles. The lowest BCUT2D eigenvalue weighted by atomic mass is 10.0. The lowest BCUT2D eigenvalue weighted by molar-refractivity contribution is -0.113. The molecule has 0 radical (unpaired) electrons. The lowest BCUT2D eigenvalue weighted by Gasteiger charge is -2.25. The molecule has 0 saturated carbocycles. The Hall–Kier alpha value is -0.660. The predicted molar refractivity (Wildman–Crippen MR) is 52.1 cm³/mol. The van der Waals surface area contributed by atoms with Crippen LogP contribution >= 0.6 is 0 Å². The highest BCUT2D eigenvalue weighted by molar-refractivity contribution is 5.09. The molecule has 0 fully saturated rings. The monoisotopic (exact) mass is 222 g/mol. The lowest BCUT2D eigenvalue weighted by Crippen LogP contribution is -2.46. The van der Waals surface area contributed by atoms with Crippen LogP contribution in [-0.2, 0) is 0 Å². The summed E-state index contributed by atoms with van der Waals surface area (Å²) < 4.78 is 0. The Morgan fingerprint density at radius 1 is 1.00 bits per heavy atom. The van der Waals surface area contributed by atoms with Crippen LogP contribution < -0.4 is 0 Å². The van der Waals surface area contributed by atoms with Gasteiger partial charge in [0.15, 0.2) is 0 Å². The van der Waals surface area contributed by atoms with Crippen molar-refractivity contribution in [1.82, 2.24) is 0 Å². The normalized spacial score (nSPS) is 19.1. The number of hydrogen-bond donors (Lipinski definition) is 6. The summed E-state index contributed by atoms with van der Waals surface area (Å²) >= 11 is 0.